The maximum atomic E-state index is 13.9. The highest BCUT2D eigenvalue weighted by Crippen LogP contribution is 2.37. The first-order valence-electron chi connectivity index (χ1n) is 15.0. The average Bonchev–Trinajstić information content (AvgIpc) is 3.08. The van der Waals surface area contributed by atoms with Crippen molar-refractivity contribution in [2.45, 2.75) is 35.9 Å². The van der Waals surface area contributed by atoms with Crippen molar-refractivity contribution in [3.8, 4) is 17.2 Å². The molecule has 254 valence electrons. The van der Waals surface area contributed by atoms with Crippen molar-refractivity contribution < 1.29 is 45.8 Å². The number of amides is 1. The molecule has 1 aliphatic heterocycles. The number of hydrogen-bond donors (Lipinski definition) is 3. The molecule has 4 aromatic carbocycles. The van der Waals surface area contributed by atoms with Gasteiger partial charge in [0, 0.05) is 25.2 Å². The van der Waals surface area contributed by atoms with E-state index in [4.69, 9.17) is 5.26 Å². The van der Waals surface area contributed by atoms with Crippen molar-refractivity contribution in [3.63, 3.8) is 0 Å². The third kappa shape index (κ3) is 7.64. The minimum Gasteiger partial charge on any atom is -0.478 e. The molecule has 1 saturated heterocycles. The molecule has 1 amide bonds. The Morgan fingerprint density at radius 3 is 2.16 bits per heavy atom. The Hall–Kier alpha value is -5.10. The van der Waals surface area contributed by atoms with E-state index in [1.165, 1.54) is 18.2 Å². The topological polar surface area (TPSA) is 148 Å². The molecule has 0 aliphatic carbocycles. The van der Waals surface area contributed by atoms with Crippen LogP contribution in [0.2, 0.25) is 0 Å². The molecule has 0 radical (unpaired) electrons. The standard InChI is InChI=1S/C35H29F4N3O6S/c36-28-8-11-30(12-9-28)49(47,48)42-15-13-27(14-16-42)34(46,33(45)41-29-10-7-26(21-40)31(19-29)35(37,38)39)20-22-3-1-4-23(17-22)24-5-2-6-25(18-24)32(43)44/h1-12,17-19,27,46H,13-16,20H2,(H,41,45)(H,43,44). The lowest BCUT2D eigenvalue weighted by molar-refractivity contribution is -0.142. The predicted molar refractivity (Wildman–Crippen MR) is 170 cm³/mol. The summed E-state index contributed by atoms with van der Waals surface area (Å²) in [5.41, 5.74) is -2.90. The van der Waals surface area contributed by atoms with E-state index in [1.807, 2.05) is 0 Å². The molecule has 14 heteroatoms. The maximum Gasteiger partial charge on any atom is 0.417 e. The molecular weight excluding hydrogens is 666 g/mol. The first-order chi connectivity index (χ1) is 23.1. The van der Waals surface area contributed by atoms with Crippen LogP contribution in [-0.4, -0.2) is 53.5 Å². The highest BCUT2D eigenvalue weighted by molar-refractivity contribution is 7.89. The fraction of sp³-hybridized carbons (Fsp3) is 0.229. The van der Waals surface area contributed by atoms with Gasteiger partial charge in [0.25, 0.3) is 5.91 Å². The fourth-order valence-electron chi connectivity index (χ4n) is 5.94. The molecule has 49 heavy (non-hydrogen) atoms. The molecule has 0 saturated carbocycles. The number of benzene rings is 4. The molecule has 4 aromatic rings. The molecule has 5 rings (SSSR count). The number of nitrogens with one attached hydrogen (secondary N) is 1. The second-order valence-corrected chi connectivity index (χ2v) is 13.6. The number of aliphatic hydroxyl groups is 1. The Morgan fingerprint density at radius 1 is 0.918 bits per heavy atom. The maximum absolute atomic E-state index is 13.9. The van der Waals surface area contributed by atoms with Crippen LogP contribution in [0.3, 0.4) is 0 Å². The van der Waals surface area contributed by atoms with Gasteiger partial charge in [0.2, 0.25) is 10.0 Å². The Labute approximate surface area is 279 Å². The monoisotopic (exact) mass is 695 g/mol. The van der Waals surface area contributed by atoms with Gasteiger partial charge >= 0.3 is 12.1 Å². The molecular formula is C35H29F4N3O6S. The van der Waals surface area contributed by atoms with E-state index in [0.29, 0.717) is 22.8 Å². The van der Waals surface area contributed by atoms with Crippen LogP contribution in [0.4, 0.5) is 23.2 Å². The molecule has 3 N–H and O–H groups in total. The molecule has 0 bridgehead atoms. The van der Waals surface area contributed by atoms with Gasteiger partial charge in [-0.1, -0.05) is 36.4 Å². The Morgan fingerprint density at radius 2 is 1.55 bits per heavy atom. The second kappa shape index (κ2) is 13.8. The molecule has 0 spiro atoms. The molecule has 0 aromatic heterocycles. The van der Waals surface area contributed by atoms with Crippen molar-refractivity contribution in [2.75, 3.05) is 18.4 Å². The van der Waals surface area contributed by atoms with Gasteiger partial charge in [-0.25, -0.2) is 17.6 Å². The lowest BCUT2D eigenvalue weighted by atomic mass is 9.76. The number of carboxylic acids is 1. The highest BCUT2D eigenvalue weighted by atomic mass is 32.2. The number of piperidine rings is 1. The predicted octanol–water partition coefficient (Wildman–Crippen LogP) is 6.09. The van der Waals surface area contributed by atoms with Gasteiger partial charge in [-0.05, 0) is 90.0 Å². The van der Waals surface area contributed by atoms with Crippen molar-refractivity contribution in [1.29, 1.82) is 5.26 Å². The van der Waals surface area contributed by atoms with Crippen LogP contribution in [0.15, 0.2) is 95.9 Å². The summed E-state index contributed by atoms with van der Waals surface area (Å²) in [4.78, 5) is 25.3. The van der Waals surface area contributed by atoms with Gasteiger partial charge in [-0.2, -0.15) is 22.7 Å². The van der Waals surface area contributed by atoms with E-state index in [1.54, 1.807) is 36.4 Å². The third-order valence-corrected chi connectivity index (χ3v) is 10.4. The number of alkyl halides is 3. The van der Waals surface area contributed by atoms with Crippen LogP contribution in [0, 0.1) is 23.1 Å². The largest absolute Gasteiger partial charge is 0.478 e. The number of aromatic carboxylic acids is 1. The van der Waals surface area contributed by atoms with Crippen molar-refractivity contribution in [2.24, 2.45) is 5.92 Å². The Kier molecular flexibility index (Phi) is 9.91. The lowest BCUT2D eigenvalue weighted by Gasteiger charge is -2.40. The van der Waals surface area contributed by atoms with Crippen LogP contribution in [-0.2, 0) is 27.4 Å². The molecule has 9 nitrogen and oxygen atoms in total. The zero-order valence-electron chi connectivity index (χ0n) is 25.6. The van der Waals surface area contributed by atoms with Gasteiger partial charge < -0.3 is 15.5 Å². The number of hydrogen-bond acceptors (Lipinski definition) is 6. The van der Waals surface area contributed by atoms with E-state index in [0.717, 1.165) is 40.7 Å². The summed E-state index contributed by atoms with van der Waals surface area (Å²) in [6.45, 7) is -0.228. The number of nitrogens with zero attached hydrogens (tertiary/aromatic N) is 2. The molecule has 1 aliphatic rings. The Balaban J connectivity index is 1.47. The summed E-state index contributed by atoms with van der Waals surface area (Å²) in [6, 6.07) is 21.1. The number of carbonyl (C=O) groups is 2. The summed E-state index contributed by atoms with van der Waals surface area (Å²) >= 11 is 0. The number of sulfonamides is 1. The number of carboxylic acid groups (broad SMARTS) is 1. The zero-order valence-corrected chi connectivity index (χ0v) is 26.4. The van der Waals surface area contributed by atoms with Crippen LogP contribution in [0.25, 0.3) is 11.1 Å². The quantitative estimate of drug-likeness (QED) is 0.180. The zero-order chi connectivity index (χ0) is 35.6. The highest BCUT2D eigenvalue weighted by Gasteiger charge is 2.46. The fourth-order valence-corrected chi connectivity index (χ4v) is 7.41. The Bertz CT molecular complexity index is 2040. The second-order valence-electron chi connectivity index (χ2n) is 11.6. The van der Waals surface area contributed by atoms with Gasteiger partial charge in [-0.3, -0.25) is 4.79 Å². The van der Waals surface area contributed by atoms with E-state index in [9.17, 15) is 45.8 Å². The first-order valence-corrected chi connectivity index (χ1v) is 16.4. The van der Waals surface area contributed by atoms with E-state index in [2.05, 4.69) is 5.32 Å². The summed E-state index contributed by atoms with van der Waals surface area (Å²) in [5.74, 6) is -3.65. The summed E-state index contributed by atoms with van der Waals surface area (Å²) in [7, 11) is -4.04. The summed E-state index contributed by atoms with van der Waals surface area (Å²) < 4.78 is 82.1. The SMILES string of the molecule is N#Cc1ccc(NC(=O)C(O)(Cc2cccc(-c3cccc(C(=O)O)c3)c2)C2CCN(S(=O)(=O)c3ccc(F)cc3)CC2)cc1C(F)(F)F. The van der Waals surface area contributed by atoms with E-state index < -0.39 is 56.5 Å². The lowest BCUT2D eigenvalue weighted by Crippen LogP contribution is -2.54. The first kappa shape index (κ1) is 35.2. The number of anilines is 1. The molecule has 1 fully saturated rings. The van der Waals surface area contributed by atoms with Crippen molar-refractivity contribution >= 4 is 27.6 Å². The van der Waals surface area contributed by atoms with Gasteiger partial charge in [0.1, 0.15) is 11.4 Å². The van der Waals surface area contributed by atoms with E-state index in [-0.39, 0.29) is 48.5 Å². The van der Waals surface area contributed by atoms with Crippen molar-refractivity contribution in [3.05, 3.63) is 119 Å². The number of carbonyl (C=O) groups excluding carboxylic acids is 1. The number of halogens is 4. The minimum absolute atomic E-state index is 0.00807. The van der Waals surface area contributed by atoms with Crippen LogP contribution < -0.4 is 5.32 Å². The average molecular weight is 696 g/mol. The summed E-state index contributed by atoms with van der Waals surface area (Å²) in [5, 5.41) is 33.1. The van der Waals surface area contributed by atoms with Crippen LogP contribution >= 0.6 is 0 Å². The minimum atomic E-state index is -4.90. The van der Waals surface area contributed by atoms with Crippen LogP contribution in [0.1, 0.15) is 39.9 Å². The molecule has 1 unspecified atom stereocenters. The smallest absolute Gasteiger partial charge is 0.417 e. The summed E-state index contributed by atoms with van der Waals surface area (Å²) in [6.07, 6.45) is -5.25. The van der Waals surface area contributed by atoms with Crippen molar-refractivity contribution in [1.82, 2.24) is 4.31 Å². The van der Waals surface area contributed by atoms with Gasteiger partial charge in [0.05, 0.1) is 27.7 Å². The third-order valence-electron chi connectivity index (χ3n) is 8.52. The van der Waals surface area contributed by atoms with Gasteiger partial charge in [-0.15, -0.1) is 0 Å². The normalized spacial score (nSPS) is 15.6. The van der Waals surface area contributed by atoms with E-state index >= 15 is 0 Å². The molecule has 1 heterocycles. The van der Waals surface area contributed by atoms with Gasteiger partial charge in [0.15, 0.2) is 0 Å². The van der Waals surface area contributed by atoms with Crippen LogP contribution in [0.5, 0.6) is 0 Å². The molecule has 1 atom stereocenters. The number of nitriles is 1. The number of rotatable bonds is 9.